The molecule has 3 aromatic rings. The summed E-state index contributed by atoms with van der Waals surface area (Å²) < 4.78 is 0. The first-order chi connectivity index (χ1) is 13.0. The lowest BCUT2D eigenvalue weighted by atomic mass is 9.90. The van der Waals surface area contributed by atoms with Crippen LogP contribution in [0.1, 0.15) is 23.6 Å². The zero-order chi connectivity index (χ0) is 19.0. The summed E-state index contributed by atoms with van der Waals surface area (Å²) in [6, 6.07) is 22.2. The fourth-order valence-corrected chi connectivity index (χ4v) is 3.40. The van der Waals surface area contributed by atoms with Crippen LogP contribution in [0, 0.1) is 11.3 Å². The van der Waals surface area contributed by atoms with Crippen molar-refractivity contribution in [3.8, 4) is 6.07 Å². The third-order valence-corrected chi connectivity index (χ3v) is 5.03. The number of nitriles is 1. The summed E-state index contributed by atoms with van der Waals surface area (Å²) in [6.45, 7) is 1.90. The van der Waals surface area contributed by atoms with E-state index in [1.165, 1.54) is 4.90 Å². The second-order valence-corrected chi connectivity index (χ2v) is 6.82. The van der Waals surface area contributed by atoms with Crippen LogP contribution in [0.15, 0.2) is 66.7 Å². The molecular weight excluding hydrogens is 338 g/mol. The predicted molar refractivity (Wildman–Crippen MR) is 102 cm³/mol. The van der Waals surface area contributed by atoms with Crippen LogP contribution in [0.25, 0.3) is 10.8 Å². The number of carbonyl (C=O) groups is 2. The molecule has 0 bridgehead atoms. The molecule has 1 unspecified atom stereocenters. The molecule has 132 valence electrons. The first kappa shape index (κ1) is 16.8. The topological polar surface area (TPSA) is 73.2 Å². The second-order valence-electron chi connectivity index (χ2n) is 6.82. The number of urea groups is 1. The van der Waals surface area contributed by atoms with Crippen LogP contribution >= 0.6 is 0 Å². The largest absolute Gasteiger partial charge is 0.325 e. The van der Waals surface area contributed by atoms with E-state index in [1.807, 2.05) is 42.5 Å². The van der Waals surface area contributed by atoms with Crippen LogP contribution < -0.4 is 5.32 Å². The van der Waals surface area contributed by atoms with Gasteiger partial charge in [0.25, 0.3) is 5.91 Å². The molecule has 1 aliphatic rings. The zero-order valence-corrected chi connectivity index (χ0v) is 14.8. The molecule has 0 spiro atoms. The molecule has 0 aliphatic carbocycles. The van der Waals surface area contributed by atoms with Crippen molar-refractivity contribution in [2.75, 3.05) is 0 Å². The number of hydrogen-bond acceptors (Lipinski definition) is 3. The fraction of sp³-hybridized carbons (Fsp3) is 0.136. The number of nitrogens with zero attached hydrogens (tertiary/aromatic N) is 2. The van der Waals surface area contributed by atoms with Crippen LogP contribution in [0.4, 0.5) is 4.79 Å². The summed E-state index contributed by atoms with van der Waals surface area (Å²) in [5.74, 6) is -0.285. The van der Waals surface area contributed by atoms with Crippen molar-refractivity contribution in [1.29, 1.82) is 5.26 Å². The Bertz CT molecular complexity index is 1100. The van der Waals surface area contributed by atoms with Crippen LogP contribution in [0.2, 0.25) is 0 Å². The summed E-state index contributed by atoms with van der Waals surface area (Å²) >= 11 is 0. The molecule has 0 radical (unpaired) electrons. The van der Waals surface area contributed by atoms with E-state index in [4.69, 9.17) is 5.26 Å². The smallest absolute Gasteiger partial charge is 0.319 e. The van der Waals surface area contributed by atoms with Crippen molar-refractivity contribution in [3.63, 3.8) is 0 Å². The Hall–Kier alpha value is -3.65. The highest BCUT2D eigenvalue weighted by atomic mass is 16.2. The van der Waals surface area contributed by atoms with Crippen molar-refractivity contribution in [2.24, 2.45) is 0 Å². The SMILES string of the molecule is CC1(c2ccc3ccccc3c2)NC(=O)N(Cc2ccc(C#N)cc2)C1=O. The minimum absolute atomic E-state index is 0.166. The minimum Gasteiger partial charge on any atom is -0.319 e. The number of hydrogen-bond donors (Lipinski definition) is 1. The standard InChI is InChI=1S/C22H17N3O2/c1-22(19-11-10-17-4-2-3-5-18(17)12-19)20(26)25(21(27)24-22)14-16-8-6-15(13-23)7-9-16/h2-12H,14H2,1H3,(H,24,27). The molecule has 1 saturated heterocycles. The Morgan fingerprint density at radius 3 is 2.41 bits per heavy atom. The van der Waals surface area contributed by atoms with Gasteiger partial charge in [0.2, 0.25) is 0 Å². The molecule has 3 amide bonds. The van der Waals surface area contributed by atoms with Gasteiger partial charge in [-0.3, -0.25) is 9.69 Å². The molecule has 1 N–H and O–H groups in total. The molecule has 5 nitrogen and oxygen atoms in total. The average molecular weight is 355 g/mol. The molecular formula is C22H17N3O2. The normalized spacial score (nSPS) is 19.2. The van der Waals surface area contributed by atoms with E-state index >= 15 is 0 Å². The van der Waals surface area contributed by atoms with E-state index in [0.29, 0.717) is 5.56 Å². The van der Waals surface area contributed by atoms with E-state index in [-0.39, 0.29) is 12.5 Å². The number of benzene rings is 3. The Labute approximate surface area is 156 Å². The summed E-state index contributed by atoms with van der Waals surface area (Å²) in [6.07, 6.45) is 0. The molecule has 0 saturated carbocycles. The molecule has 1 heterocycles. The Morgan fingerprint density at radius 1 is 1.00 bits per heavy atom. The van der Waals surface area contributed by atoms with E-state index in [2.05, 4.69) is 11.4 Å². The molecule has 4 rings (SSSR count). The molecule has 5 heteroatoms. The maximum atomic E-state index is 13.1. The van der Waals surface area contributed by atoms with Gasteiger partial charge in [-0.25, -0.2) is 4.79 Å². The van der Waals surface area contributed by atoms with Crippen molar-refractivity contribution in [3.05, 3.63) is 83.4 Å². The third kappa shape index (κ3) is 2.81. The minimum atomic E-state index is -1.10. The zero-order valence-electron chi connectivity index (χ0n) is 14.8. The van der Waals surface area contributed by atoms with Gasteiger partial charge in [-0.1, -0.05) is 48.5 Å². The van der Waals surface area contributed by atoms with Crippen LogP contribution in [0.3, 0.4) is 0 Å². The molecule has 1 atom stereocenters. The number of fused-ring (bicyclic) bond motifs is 1. The van der Waals surface area contributed by atoms with Crippen LogP contribution in [-0.2, 0) is 16.9 Å². The number of nitrogens with one attached hydrogen (secondary N) is 1. The molecule has 1 aliphatic heterocycles. The predicted octanol–water partition coefficient (Wildman–Crippen LogP) is 3.68. The van der Waals surface area contributed by atoms with Crippen LogP contribution in [0.5, 0.6) is 0 Å². The maximum Gasteiger partial charge on any atom is 0.325 e. The third-order valence-electron chi connectivity index (χ3n) is 5.03. The summed E-state index contributed by atoms with van der Waals surface area (Å²) in [5, 5.41) is 13.8. The van der Waals surface area contributed by atoms with Gasteiger partial charge >= 0.3 is 6.03 Å². The van der Waals surface area contributed by atoms with E-state index < -0.39 is 11.6 Å². The van der Waals surface area contributed by atoms with Crippen molar-refractivity contribution in [2.45, 2.75) is 19.0 Å². The van der Waals surface area contributed by atoms with Crippen molar-refractivity contribution < 1.29 is 9.59 Å². The summed E-state index contributed by atoms with van der Waals surface area (Å²) in [4.78, 5) is 26.8. The lowest BCUT2D eigenvalue weighted by Crippen LogP contribution is -2.40. The Morgan fingerprint density at radius 2 is 1.70 bits per heavy atom. The summed E-state index contributed by atoms with van der Waals surface area (Å²) in [5.41, 5.74) is 0.979. The quantitative estimate of drug-likeness (QED) is 0.729. The highest BCUT2D eigenvalue weighted by molar-refractivity contribution is 6.07. The van der Waals surface area contributed by atoms with Gasteiger partial charge in [-0.15, -0.1) is 0 Å². The van der Waals surface area contributed by atoms with Gasteiger partial charge in [0.15, 0.2) is 0 Å². The van der Waals surface area contributed by atoms with E-state index in [1.54, 1.807) is 31.2 Å². The highest BCUT2D eigenvalue weighted by Crippen LogP contribution is 2.31. The van der Waals surface area contributed by atoms with E-state index in [9.17, 15) is 9.59 Å². The van der Waals surface area contributed by atoms with Gasteiger partial charge in [0, 0.05) is 0 Å². The van der Waals surface area contributed by atoms with Crippen LogP contribution in [-0.4, -0.2) is 16.8 Å². The monoisotopic (exact) mass is 355 g/mol. The number of carbonyl (C=O) groups excluding carboxylic acids is 2. The van der Waals surface area contributed by atoms with Gasteiger partial charge in [0.1, 0.15) is 5.54 Å². The number of amides is 3. The Balaban J connectivity index is 1.64. The van der Waals surface area contributed by atoms with Crippen molar-refractivity contribution in [1.82, 2.24) is 10.2 Å². The highest BCUT2D eigenvalue weighted by Gasteiger charge is 2.48. The van der Waals surface area contributed by atoms with E-state index in [0.717, 1.165) is 21.9 Å². The first-order valence-electron chi connectivity index (χ1n) is 8.64. The van der Waals surface area contributed by atoms with Gasteiger partial charge in [-0.2, -0.15) is 5.26 Å². The van der Waals surface area contributed by atoms with Crippen molar-refractivity contribution >= 4 is 22.7 Å². The van der Waals surface area contributed by atoms with Gasteiger partial charge in [-0.05, 0) is 47.0 Å². The fourth-order valence-electron chi connectivity index (χ4n) is 3.40. The molecule has 3 aromatic carbocycles. The number of imide groups is 1. The molecule has 0 aromatic heterocycles. The summed E-state index contributed by atoms with van der Waals surface area (Å²) in [7, 11) is 0. The molecule has 1 fully saturated rings. The Kier molecular flexibility index (Phi) is 3.89. The first-order valence-corrected chi connectivity index (χ1v) is 8.64. The lowest BCUT2D eigenvalue weighted by molar-refractivity contribution is -0.131. The maximum absolute atomic E-state index is 13.1. The average Bonchev–Trinajstić information content (AvgIpc) is 2.92. The second kappa shape index (κ2) is 6.26. The molecule has 27 heavy (non-hydrogen) atoms. The number of rotatable bonds is 3. The van der Waals surface area contributed by atoms with Gasteiger partial charge in [0.05, 0.1) is 18.2 Å². The lowest BCUT2D eigenvalue weighted by Gasteiger charge is -2.22. The van der Waals surface area contributed by atoms with Gasteiger partial charge < -0.3 is 5.32 Å².